The molecule has 6 heteroatoms. The lowest BCUT2D eigenvalue weighted by Gasteiger charge is -2.12. The molecule has 0 spiro atoms. The van der Waals surface area contributed by atoms with Gasteiger partial charge in [0.2, 0.25) is 5.91 Å². The zero-order chi connectivity index (χ0) is 15.1. The molecule has 1 rings (SSSR count). The number of halogens is 1. The van der Waals surface area contributed by atoms with Gasteiger partial charge in [-0.25, -0.2) is 0 Å². The van der Waals surface area contributed by atoms with Crippen molar-refractivity contribution in [1.82, 2.24) is 0 Å². The van der Waals surface area contributed by atoms with Gasteiger partial charge in [0.15, 0.2) is 0 Å². The summed E-state index contributed by atoms with van der Waals surface area (Å²) >= 11 is 3.41. The van der Waals surface area contributed by atoms with E-state index in [9.17, 15) is 9.59 Å². The number of carboxylic acid groups (broad SMARTS) is 1. The first-order valence-corrected chi connectivity index (χ1v) is 7.09. The molecule has 0 radical (unpaired) electrons. The molecule has 2 N–H and O–H groups in total. The van der Waals surface area contributed by atoms with Crippen molar-refractivity contribution in [2.45, 2.75) is 32.6 Å². The first-order chi connectivity index (χ1) is 9.43. The van der Waals surface area contributed by atoms with Gasteiger partial charge < -0.3 is 15.2 Å². The average molecular weight is 344 g/mol. The Balaban J connectivity index is 2.57. The van der Waals surface area contributed by atoms with Crippen molar-refractivity contribution in [3.8, 4) is 5.75 Å². The summed E-state index contributed by atoms with van der Waals surface area (Å²) in [5, 5.41) is 11.3. The van der Waals surface area contributed by atoms with E-state index in [4.69, 9.17) is 9.84 Å². The Kier molecular flexibility index (Phi) is 6.51. The van der Waals surface area contributed by atoms with Crippen LogP contribution < -0.4 is 10.1 Å². The van der Waals surface area contributed by atoms with Crippen LogP contribution in [0.2, 0.25) is 0 Å². The summed E-state index contributed by atoms with van der Waals surface area (Å²) in [5.41, 5.74) is 1.62. The number of ether oxygens (including phenoxy) is 1. The molecular weight excluding hydrogens is 326 g/mol. The lowest BCUT2D eigenvalue weighted by atomic mass is 10.1. The standard InChI is InChI=1S/C14H18BrNO4/c1-9-7-12(20-2)11(8-10(9)15)16-13(17)5-3-4-6-14(18)19/h7-8H,3-6H2,1-2H3,(H,16,17)(H,18,19). The van der Waals surface area contributed by atoms with Crippen molar-refractivity contribution < 1.29 is 19.4 Å². The van der Waals surface area contributed by atoms with Crippen LogP contribution in [-0.2, 0) is 9.59 Å². The molecule has 0 aromatic heterocycles. The molecule has 1 aromatic rings. The number of methoxy groups -OCH3 is 1. The SMILES string of the molecule is COc1cc(C)c(Br)cc1NC(=O)CCCCC(=O)O. The molecule has 0 atom stereocenters. The number of aryl methyl sites for hydroxylation is 1. The summed E-state index contributed by atoms with van der Waals surface area (Å²) in [6.45, 7) is 1.93. The van der Waals surface area contributed by atoms with E-state index in [1.165, 1.54) is 0 Å². The van der Waals surface area contributed by atoms with Gasteiger partial charge in [-0.2, -0.15) is 0 Å². The van der Waals surface area contributed by atoms with Crippen molar-refractivity contribution in [3.63, 3.8) is 0 Å². The minimum absolute atomic E-state index is 0.0900. The second-order valence-electron chi connectivity index (χ2n) is 4.45. The maximum atomic E-state index is 11.8. The van der Waals surface area contributed by atoms with Crippen molar-refractivity contribution in [3.05, 3.63) is 22.2 Å². The molecule has 0 unspecified atom stereocenters. The van der Waals surface area contributed by atoms with E-state index in [0.717, 1.165) is 10.0 Å². The Morgan fingerprint density at radius 2 is 1.95 bits per heavy atom. The summed E-state index contributed by atoms with van der Waals surface area (Å²) in [4.78, 5) is 22.2. The summed E-state index contributed by atoms with van der Waals surface area (Å²) in [6, 6.07) is 3.63. The Morgan fingerprint density at radius 3 is 2.55 bits per heavy atom. The third-order valence-corrected chi connectivity index (χ3v) is 3.65. The third-order valence-electron chi connectivity index (χ3n) is 2.80. The van der Waals surface area contributed by atoms with Gasteiger partial charge in [0.25, 0.3) is 0 Å². The van der Waals surface area contributed by atoms with E-state index >= 15 is 0 Å². The van der Waals surface area contributed by atoms with Gasteiger partial charge >= 0.3 is 5.97 Å². The van der Waals surface area contributed by atoms with E-state index < -0.39 is 5.97 Å². The molecule has 0 fully saturated rings. The smallest absolute Gasteiger partial charge is 0.303 e. The third kappa shape index (κ3) is 5.21. The van der Waals surface area contributed by atoms with Gasteiger partial charge in [-0.15, -0.1) is 0 Å². The molecule has 0 aliphatic carbocycles. The molecule has 0 saturated heterocycles. The molecule has 0 aliphatic rings. The maximum absolute atomic E-state index is 11.8. The number of anilines is 1. The van der Waals surface area contributed by atoms with Gasteiger partial charge in [0, 0.05) is 17.3 Å². The predicted octanol–water partition coefficient (Wildman–Crippen LogP) is 3.35. The maximum Gasteiger partial charge on any atom is 0.303 e. The second kappa shape index (κ2) is 7.89. The highest BCUT2D eigenvalue weighted by molar-refractivity contribution is 9.10. The molecule has 1 amide bonds. The minimum atomic E-state index is -0.838. The van der Waals surface area contributed by atoms with Crippen molar-refractivity contribution in [2.75, 3.05) is 12.4 Å². The monoisotopic (exact) mass is 343 g/mol. The predicted molar refractivity (Wildman–Crippen MR) is 80.2 cm³/mol. The van der Waals surface area contributed by atoms with Crippen LogP contribution in [0.25, 0.3) is 0 Å². The Labute approximate surface area is 126 Å². The topological polar surface area (TPSA) is 75.6 Å². The number of amides is 1. The van der Waals surface area contributed by atoms with E-state index in [0.29, 0.717) is 30.7 Å². The first kappa shape index (κ1) is 16.5. The van der Waals surface area contributed by atoms with Crippen LogP contribution in [0.5, 0.6) is 5.75 Å². The quantitative estimate of drug-likeness (QED) is 0.744. The molecule has 110 valence electrons. The van der Waals surface area contributed by atoms with Crippen LogP contribution in [0.15, 0.2) is 16.6 Å². The molecule has 5 nitrogen and oxygen atoms in total. The highest BCUT2D eigenvalue weighted by atomic mass is 79.9. The van der Waals surface area contributed by atoms with E-state index in [-0.39, 0.29) is 12.3 Å². The lowest BCUT2D eigenvalue weighted by molar-refractivity contribution is -0.137. The van der Waals surface area contributed by atoms with Crippen LogP contribution in [0.1, 0.15) is 31.2 Å². The molecule has 20 heavy (non-hydrogen) atoms. The van der Waals surface area contributed by atoms with Crippen LogP contribution in [0.4, 0.5) is 5.69 Å². The number of carbonyl (C=O) groups is 2. The zero-order valence-corrected chi connectivity index (χ0v) is 13.1. The Morgan fingerprint density at radius 1 is 1.30 bits per heavy atom. The average Bonchev–Trinajstić information content (AvgIpc) is 2.38. The van der Waals surface area contributed by atoms with Gasteiger partial charge in [0.1, 0.15) is 5.75 Å². The summed E-state index contributed by atoms with van der Waals surface area (Å²) in [6.07, 6.45) is 1.43. The van der Waals surface area contributed by atoms with E-state index in [1.54, 1.807) is 13.2 Å². The number of carboxylic acids is 1. The van der Waals surface area contributed by atoms with Gasteiger partial charge in [-0.1, -0.05) is 15.9 Å². The van der Waals surface area contributed by atoms with Crippen molar-refractivity contribution in [1.29, 1.82) is 0 Å². The Hall–Kier alpha value is -1.56. The number of hydrogen-bond acceptors (Lipinski definition) is 3. The molecular formula is C14H18BrNO4. The van der Waals surface area contributed by atoms with Gasteiger partial charge in [0.05, 0.1) is 12.8 Å². The number of unbranched alkanes of at least 4 members (excludes halogenated alkanes) is 1. The molecule has 0 heterocycles. The highest BCUT2D eigenvalue weighted by Crippen LogP contribution is 2.31. The van der Waals surface area contributed by atoms with E-state index in [1.807, 2.05) is 13.0 Å². The summed E-state index contributed by atoms with van der Waals surface area (Å²) in [5.74, 6) is -0.386. The normalized spacial score (nSPS) is 10.2. The van der Waals surface area contributed by atoms with Crippen molar-refractivity contribution >= 4 is 33.5 Å². The fourth-order valence-corrected chi connectivity index (χ4v) is 2.04. The number of rotatable bonds is 7. The second-order valence-corrected chi connectivity index (χ2v) is 5.31. The lowest BCUT2D eigenvalue weighted by Crippen LogP contribution is -2.12. The molecule has 0 aliphatic heterocycles. The highest BCUT2D eigenvalue weighted by Gasteiger charge is 2.10. The number of aliphatic carboxylic acids is 1. The van der Waals surface area contributed by atoms with Gasteiger partial charge in [-0.05, 0) is 37.5 Å². The number of carbonyl (C=O) groups excluding carboxylic acids is 1. The van der Waals surface area contributed by atoms with Crippen LogP contribution >= 0.6 is 15.9 Å². The summed E-state index contributed by atoms with van der Waals surface area (Å²) in [7, 11) is 1.55. The molecule has 0 saturated carbocycles. The first-order valence-electron chi connectivity index (χ1n) is 6.30. The number of benzene rings is 1. The van der Waals surface area contributed by atoms with Crippen LogP contribution in [0, 0.1) is 6.92 Å². The van der Waals surface area contributed by atoms with Crippen molar-refractivity contribution in [2.24, 2.45) is 0 Å². The largest absolute Gasteiger partial charge is 0.495 e. The van der Waals surface area contributed by atoms with Gasteiger partial charge in [-0.3, -0.25) is 9.59 Å². The minimum Gasteiger partial charge on any atom is -0.495 e. The molecule has 1 aromatic carbocycles. The zero-order valence-electron chi connectivity index (χ0n) is 11.5. The van der Waals surface area contributed by atoms with E-state index in [2.05, 4.69) is 21.2 Å². The fourth-order valence-electron chi connectivity index (χ4n) is 1.70. The van der Waals surface area contributed by atoms with Crippen LogP contribution in [-0.4, -0.2) is 24.1 Å². The van der Waals surface area contributed by atoms with Crippen LogP contribution in [0.3, 0.4) is 0 Å². The summed E-state index contributed by atoms with van der Waals surface area (Å²) < 4.78 is 6.11. The number of hydrogen-bond donors (Lipinski definition) is 2. The number of nitrogens with one attached hydrogen (secondary N) is 1. The molecule has 0 bridgehead atoms. The fraction of sp³-hybridized carbons (Fsp3) is 0.429. The Bertz CT molecular complexity index is 502.